The topological polar surface area (TPSA) is 23.8 Å². The highest BCUT2D eigenvalue weighted by Crippen LogP contribution is 1.60. The molecule has 0 N–H and O–H groups in total. The molecule has 0 aromatic rings. The van der Waals surface area contributed by atoms with Gasteiger partial charge in [-0.2, -0.15) is 5.26 Å². The van der Waals surface area contributed by atoms with Crippen LogP contribution in [0, 0.1) is 11.3 Å². The maximum atomic E-state index is 7.79. The van der Waals surface area contributed by atoms with E-state index in [-0.39, 0.29) is 0 Å². The van der Waals surface area contributed by atoms with Crippen molar-refractivity contribution in [1.82, 2.24) is 0 Å². The van der Waals surface area contributed by atoms with Gasteiger partial charge in [-0.25, -0.2) is 0 Å². The molecule has 0 heterocycles. The van der Waals surface area contributed by atoms with E-state index in [2.05, 4.69) is 12.2 Å². The number of thiocarbonyl (C=S) groups is 1. The number of rotatable bonds is 1. The van der Waals surface area contributed by atoms with E-state index in [9.17, 15) is 0 Å². The molecule has 0 unspecified atom stereocenters. The van der Waals surface area contributed by atoms with E-state index in [1.165, 1.54) is 17.5 Å². The monoisotopic (exact) mass is 97.0 g/mol. The molecule has 2 heteroatoms. The van der Waals surface area contributed by atoms with Gasteiger partial charge in [-0.05, 0) is 6.08 Å². The van der Waals surface area contributed by atoms with Gasteiger partial charge < -0.3 is 0 Å². The van der Waals surface area contributed by atoms with Crippen LogP contribution in [0.5, 0.6) is 0 Å². The van der Waals surface area contributed by atoms with E-state index < -0.39 is 0 Å². The third kappa shape index (κ3) is 3.32. The molecule has 0 aliphatic heterocycles. The molecule has 0 saturated heterocycles. The van der Waals surface area contributed by atoms with Crippen molar-refractivity contribution in [2.45, 2.75) is 0 Å². The van der Waals surface area contributed by atoms with Gasteiger partial charge in [0.25, 0.3) is 0 Å². The molecule has 0 atom stereocenters. The molecule has 0 aromatic carbocycles. The molecule has 0 aliphatic rings. The second kappa shape index (κ2) is 4.32. The fourth-order valence-corrected chi connectivity index (χ4v) is 0.161. The molecule has 0 spiro atoms. The molecule has 0 radical (unpaired) electrons. The lowest BCUT2D eigenvalue weighted by Gasteiger charge is -1.52. The fourth-order valence-electron chi connectivity index (χ4n) is 0.0823. The molecule has 0 aromatic heterocycles. The highest BCUT2D eigenvalue weighted by Gasteiger charge is 1.52. The minimum absolute atomic E-state index is 1.33. The van der Waals surface area contributed by atoms with Crippen LogP contribution in [-0.4, -0.2) is 5.37 Å². The molecule has 30 valence electrons. The van der Waals surface area contributed by atoms with Crippen LogP contribution in [0.2, 0.25) is 0 Å². The van der Waals surface area contributed by atoms with Crippen LogP contribution in [0.25, 0.3) is 0 Å². The Morgan fingerprint density at radius 1 is 1.67 bits per heavy atom. The van der Waals surface area contributed by atoms with Gasteiger partial charge in [0.05, 0.1) is 6.07 Å². The summed E-state index contributed by atoms with van der Waals surface area (Å²) in [5.74, 6) is 0. The van der Waals surface area contributed by atoms with E-state index in [0.717, 1.165) is 0 Å². The van der Waals surface area contributed by atoms with E-state index in [0.29, 0.717) is 0 Å². The van der Waals surface area contributed by atoms with E-state index >= 15 is 0 Å². The fraction of sp³-hybridized carbons (Fsp3) is 0. The zero-order valence-electron chi connectivity index (χ0n) is 3.09. The predicted molar refractivity (Wildman–Crippen MR) is 28.4 cm³/mol. The number of allylic oxidation sites excluding steroid dienone is 2. The molecule has 0 aliphatic carbocycles. The smallest absolute Gasteiger partial charge is 0.0912 e. The molecule has 0 amide bonds. The maximum absolute atomic E-state index is 7.79. The van der Waals surface area contributed by atoms with Gasteiger partial charge in [-0.15, -0.1) is 0 Å². The summed E-state index contributed by atoms with van der Waals surface area (Å²) in [7, 11) is 0. The van der Waals surface area contributed by atoms with E-state index in [1.807, 2.05) is 0 Å². The quantitative estimate of drug-likeness (QED) is 0.277. The molecule has 0 saturated carbocycles. The summed E-state index contributed by atoms with van der Waals surface area (Å²) in [6, 6.07) is 1.79. The first-order valence-electron chi connectivity index (χ1n) is 1.41. The Kier molecular flexibility index (Phi) is 3.83. The lowest BCUT2D eigenvalue weighted by Crippen LogP contribution is -1.48. The van der Waals surface area contributed by atoms with Crippen molar-refractivity contribution in [3.05, 3.63) is 12.2 Å². The van der Waals surface area contributed by atoms with Crippen molar-refractivity contribution in [3.63, 3.8) is 0 Å². The summed E-state index contributed by atoms with van der Waals surface area (Å²) in [6.07, 6.45) is 2.84. The highest BCUT2D eigenvalue weighted by molar-refractivity contribution is 7.79. The largest absolute Gasteiger partial charge is 0.193 e. The number of nitrogens with zero attached hydrogens (tertiary/aromatic N) is 1. The highest BCUT2D eigenvalue weighted by atomic mass is 32.1. The Bertz CT molecular complexity index is 98.6. The average Bonchev–Trinajstić information content (AvgIpc) is 1.61. The van der Waals surface area contributed by atoms with Gasteiger partial charge in [0.2, 0.25) is 0 Å². The van der Waals surface area contributed by atoms with Crippen molar-refractivity contribution in [1.29, 1.82) is 5.26 Å². The van der Waals surface area contributed by atoms with Crippen LogP contribution in [0.3, 0.4) is 0 Å². The Hall–Kier alpha value is -0.680. The summed E-state index contributed by atoms with van der Waals surface area (Å²) < 4.78 is 0. The van der Waals surface area contributed by atoms with Gasteiger partial charge in [0.1, 0.15) is 0 Å². The van der Waals surface area contributed by atoms with Crippen molar-refractivity contribution < 1.29 is 0 Å². The van der Waals surface area contributed by atoms with Crippen LogP contribution in [0.4, 0.5) is 0 Å². The van der Waals surface area contributed by atoms with E-state index in [1.54, 1.807) is 6.07 Å². The SMILES string of the molecule is N#C/C=C/C=S. The molecule has 6 heavy (non-hydrogen) atoms. The third-order valence-electron chi connectivity index (χ3n) is 0.249. The summed E-state index contributed by atoms with van der Waals surface area (Å²) in [5, 5.41) is 9.19. The van der Waals surface area contributed by atoms with Gasteiger partial charge >= 0.3 is 0 Å². The van der Waals surface area contributed by atoms with Crippen LogP contribution < -0.4 is 0 Å². The van der Waals surface area contributed by atoms with Gasteiger partial charge in [-0.3, -0.25) is 0 Å². The Morgan fingerprint density at radius 2 is 2.33 bits per heavy atom. The van der Waals surface area contributed by atoms with Crippen LogP contribution in [0.15, 0.2) is 12.2 Å². The number of hydrogen-bond donors (Lipinski definition) is 0. The number of nitriles is 1. The molecular weight excluding hydrogens is 94.1 g/mol. The van der Waals surface area contributed by atoms with Crippen molar-refractivity contribution in [3.8, 4) is 6.07 Å². The van der Waals surface area contributed by atoms with Crippen LogP contribution in [-0.2, 0) is 0 Å². The minimum atomic E-state index is 1.33. The Balaban J connectivity index is 3.26. The first-order valence-corrected chi connectivity index (χ1v) is 1.89. The zero-order chi connectivity index (χ0) is 4.83. The summed E-state index contributed by atoms with van der Waals surface area (Å²) in [5.41, 5.74) is 0. The first-order chi connectivity index (χ1) is 2.91. The lowest BCUT2D eigenvalue weighted by atomic mass is 10.6. The first kappa shape index (κ1) is 5.32. The standard InChI is InChI=1S/C4H3NS/c5-3-1-2-4-6/h1-2,4H/b2-1+. The molecule has 1 nitrogen and oxygen atoms in total. The zero-order valence-corrected chi connectivity index (χ0v) is 3.90. The van der Waals surface area contributed by atoms with Crippen molar-refractivity contribution >= 4 is 17.6 Å². The Morgan fingerprint density at radius 3 is 2.50 bits per heavy atom. The van der Waals surface area contributed by atoms with Crippen molar-refractivity contribution in [2.24, 2.45) is 0 Å². The number of hydrogen-bond acceptors (Lipinski definition) is 2. The third-order valence-corrected chi connectivity index (χ3v) is 0.406. The molecular formula is C4H3NS. The minimum Gasteiger partial charge on any atom is -0.193 e. The van der Waals surface area contributed by atoms with Gasteiger partial charge in [0.15, 0.2) is 0 Å². The van der Waals surface area contributed by atoms with Gasteiger partial charge in [-0.1, -0.05) is 12.2 Å². The second-order valence-corrected chi connectivity index (χ2v) is 0.896. The normalized spacial score (nSPS) is 7.83. The van der Waals surface area contributed by atoms with E-state index in [4.69, 9.17) is 5.26 Å². The lowest BCUT2D eigenvalue weighted by molar-refractivity contribution is 1.54. The second-order valence-electron chi connectivity index (χ2n) is 0.624. The summed E-state index contributed by atoms with van der Waals surface area (Å²) in [6.45, 7) is 0. The Labute approximate surface area is 41.9 Å². The van der Waals surface area contributed by atoms with Crippen LogP contribution in [0.1, 0.15) is 0 Å². The van der Waals surface area contributed by atoms with Crippen LogP contribution >= 0.6 is 12.2 Å². The van der Waals surface area contributed by atoms with Crippen molar-refractivity contribution in [2.75, 3.05) is 0 Å². The predicted octanol–water partition coefficient (Wildman–Crippen LogP) is 1.07. The molecule has 0 rings (SSSR count). The summed E-state index contributed by atoms with van der Waals surface area (Å²) >= 11 is 4.35. The average molecular weight is 97.1 g/mol. The van der Waals surface area contributed by atoms with Gasteiger partial charge in [0, 0.05) is 11.4 Å². The molecule has 0 bridgehead atoms. The summed E-state index contributed by atoms with van der Waals surface area (Å²) in [4.78, 5) is 0. The maximum Gasteiger partial charge on any atom is 0.0912 e. The molecule has 0 fully saturated rings.